The number of nitrogens with one attached hydrogen (secondary N) is 2. The van der Waals surface area contributed by atoms with E-state index in [-0.39, 0.29) is 5.91 Å². The van der Waals surface area contributed by atoms with E-state index in [1.165, 1.54) is 32.1 Å². The standard InChI is InChI=1S/C17H28N4O/c1-13-4-2-5-14(10-13)11-19-17(22)16-7-9-21(20-16)15-6-3-8-18-12-15/h7,9,13-15,18H,2-6,8,10-12H2,1H3,(H,19,22). The van der Waals surface area contributed by atoms with Gasteiger partial charge in [0.2, 0.25) is 0 Å². The van der Waals surface area contributed by atoms with Gasteiger partial charge in [-0.25, -0.2) is 0 Å². The average molecular weight is 304 g/mol. The van der Waals surface area contributed by atoms with E-state index in [1.807, 2.05) is 16.9 Å². The predicted molar refractivity (Wildman–Crippen MR) is 86.8 cm³/mol. The largest absolute Gasteiger partial charge is 0.350 e. The van der Waals surface area contributed by atoms with E-state index in [0.29, 0.717) is 17.7 Å². The molecule has 0 spiro atoms. The van der Waals surface area contributed by atoms with Crippen molar-refractivity contribution >= 4 is 5.91 Å². The molecule has 1 aliphatic carbocycles. The highest BCUT2D eigenvalue weighted by Crippen LogP contribution is 2.27. The Balaban J connectivity index is 1.50. The molecule has 3 atom stereocenters. The number of carbonyl (C=O) groups is 1. The molecule has 1 aromatic heterocycles. The first kappa shape index (κ1) is 15.5. The summed E-state index contributed by atoms with van der Waals surface area (Å²) in [7, 11) is 0. The van der Waals surface area contributed by atoms with Gasteiger partial charge in [0.25, 0.3) is 5.91 Å². The summed E-state index contributed by atoms with van der Waals surface area (Å²) in [5.74, 6) is 1.41. The maximum atomic E-state index is 12.3. The Bertz CT molecular complexity index is 493. The van der Waals surface area contributed by atoms with Crippen LogP contribution in [0.5, 0.6) is 0 Å². The van der Waals surface area contributed by atoms with Crippen LogP contribution in [0.4, 0.5) is 0 Å². The summed E-state index contributed by atoms with van der Waals surface area (Å²) in [5.41, 5.74) is 0.550. The molecule has 2 heterocycles. The number of piperidine rings is 1. The zero-order valence-corrected chi connectivity index (χ0v) is 13.6. The second-order valence-corrected chi connectivity index (χ2v) is 7.03. The zero-order valence-electron chi connectivity index (χ0n) is 13.6. The molecule has 3 unspecified atom stereocenters. The molecule has 5 nitrogen and oxygen atoms in total. The van der Waals surface area contributed by atoms with Crippen LogP contribution in [0.25, 0.3) is 0 Å². The molecule has 2 N–H and O–H groups in total. The van der Waals surface area contributed by atoms with E-state index in [1.54, 1.807) is 0 Å². The molecular weight excluding hydrogens is 276 g/mol. The number of carbonyl (C=O) groups excluding carboxylic acids is 1. The lowest BCUT2D eigenvalue weighted by molar-refractivity contribution is 0.0934. The first-order chi connectivity index (χ1) is 10.7. The molecule has 3 rings (SSSR count). The molecule has 2 fully saturated rings. The second kappa shape index (κ2) is 7.27. The number of hydrogen-bond acceptors (Lipinski definition) is 3. The van der Waals surface area contributed by atoms with E-state index >= 15 is 0 Å². The van der Waals surface area contributed by atoms with Crippen LogP contribution in [0.3, 0.4) is 0 Å². The summed E-state index contributed by atoms with van der Waals surface area (Å²) in [6, 6.07) is 2.22. The van der Waals surface area contributed by atoms with Crippen molar-refractivity contribution in [2.24, 2.45) is 11.8 Å². The first-order valence-electron chi connectivity index (χ1n) is 8.76. The molecule has 22 heavy (non-hydrogen) atoms. The normalized spacial score (nSPS) is 29.2. The van der Waals surface area contributed by atoms with Crippen LogP contribution in [-0.2, 0) is 0 Å². The first-order valence-corrected chi connectivity index (χ1v) is 8.76. The maximum absolute atomic E-state index is 12.3. The van der Waals surface area contributed by atoms with Crippen LogP contribution in [0.15, 0.2) is 12.3 Å². The van der Waals surface area contributed by atoms with Crippen molar-refractivity contribution in [1.29, 1.82) is 0 Å². The number of aromatic nitrogens is 2. The fraction of sp³-hybridized carbons (Fsp3) is 0.765. The molecule has 0 bridgehead atoms. The van der Waals surface area contributed by atoms with Crippen molar-refractivity contribution in [3.63, 3.8) is 0 Å². The van der Waals surface area contributed by atoms with Crippen LogP contribution in [0.1, 0.15) is 62.0 Å². The van der Waals surface area contributed by atoms with Gasteiger partial charge >= 0.3 is 0 Å². The molecular formula is C17H28N4O. The van der Waals surface area contributed by atoms with Crippen molar-refractivity contribution < 1.29 is 4.79 Å². The summed E-state index contributed by atoms with van der Waals surface area (Å²) in [6.45, 7) is 5.14. The lowest BCUT2D eigenvalue weighted by Gasteiger charge is -2.26. The molecule has 122 valence electrons. The Morgan fingerprint density at radius 2 is 2.32 bits per heavy atom. The minimum absolute atomic E-state index is 0.0271. The van der Waals surface area contributed by atoms with E-state index < -0.39 is 0 Å². The van der Waals surface area contributed by atoms with E-state index in [9.17, 15) is 4.79 Å². The van der Waals surface area contributed by atoms with Gasteiger partial charge in [0.15, 0.2) is 0 Å². The Labute approximate surface area is 132 Å². The summed E-state index contributed by atoms with van der Waals surface area (Å²) < 4.78 is 1.95. The number of amides is 1. The molecule has 5 heteroatoms. The lowest BCUT2D eigenvalue weighted by atomic mass is 9.82. The molecule has 1 amide bonds. The lowest BCUT2D eigenvalue weighted by Crippen LogP contribution is -2.33. The Kier molecular flexibility index (Phi) is 5.13. The molecule has 1 saturated carbocycles. The highest BCUT2D eigenvalue weighted by atomic mass is 16.1. The second-order valence-electron chi connectivity index (χ2n) is 7.03. The van der Waals surface area contributed by atoms with Gasteiger partial charge in [-0.05, 0) is 50.1 Å². The molecule has 0 radical (unpaired) electrons. The molecule has 2 aliphatic rings. The number of hydrogen-bond donors (Lipinski definition) is 2. The van der Waals surface area contributed by atoms with Gasteiger partial charge in [0, 0.05) is 19.3 Å². The minimum Gasteiger partial charge on any atom is -0.350 e. The van der Waals surface area contributed by atoms with Gasteiger partial charge in [-0.15, -0.1) is 0 Å². The number of rotatable bonds is 4. The summed E-state index contributed by atoms with van der Waals surface area (Å²) in [5, 5.41) is 10.9. The van der Waals surface area contributed by atoms with Gasteiger partial charge in [-0.1, -0.05) is 19.8 Å². The smallest absolute Gasteiger partial charge is 0.271 e. The Morgan fingerprint density at radius 1 is 1.41 bits per heavy atom. The topological polar surface area (TPSA) is 59.0 Å². The molecule has 1 aliphatic heterocycles. The third-order valence-corrected chi connectivity index (χ3v) is 5.08. The zero-order chi connectivity index (χ0) is 15.4. The van der Waals surface area contributed by atoms with Gasteiger partial charge < -0.3 is 10.6 Å². The third-order valence-electron chi connectivity index (χ3n) is 5.08. The van der Waals surface area contributed by atoms with E-state index in [0.717, 1.165) is 32.0 Å². The average Bonchev–Trinajstić information content (AvgIpc) is 3.04. The van der Waals surface area contributed by atoms with Crippen molar-refractivity contribution in [2.45, 2.75) is 51.5 Å². The monoisotopic (exact) mass is 304 g/mol. The highest BCUT2D eigenvalue weighted by molar-refractivity contribution is 5.92. The summed E-state index contributed by atoms with van der Waals surface area (Å²) >= 11 is 0. The summed E-state index contributed by atoms with van der Waals surface area (Å²) in [6.07, 6.45) is 9.36. The molecule has 0 aromatic carbocycles. The van der Waals surface area contributed by atoms with Crippen molar-refractivity contribution in [2.75, 3.05) is 19.6 Å². The fourth-order valence-electron chi connectivity index (χ4n) is 3.79. The van der Waals surface area contributed by atoms with Gasteiger partial charge in [0.1, 0.15) is 5.69 Å². The van der Waals surface area contributed by atoms with E-state index in [2.05, 4.69) is 22.7 Å². The van der Waals surface area contributed by atoms with Crippen LogP contribution >= 0.6 is 0 Å². The van der Waals surface area contributed by atoms with Gasteiger partial charge in [0.05, 0.1) is 6.04 Å². The van der Waals surface area contributed by atoms with Crippen LogP contribution in [0, 0.1) is 11.8 Å². The van der Waals surface area contributed by atoms with Crippen molar-refractivity contribution in [3.8, 4) is 0 Å². The van der Waals surface area contributed by atoms with Gasteiger partial charge in [-0.2, -0.15) is 5.10 Å². The quantitative estimate of drug-likeness (QED) is 0.898. The Hall–Kier alpha value is -1.36. The fourth-order valence-corrected chi connectivity index (χ4v) is 3.79. The molecule has 1 aromatic rings. The minimum atomic E-state index is -0.0271. The van der Waals surface area contributed by atoms with E-state index in [4.69, 9.17) is 0 Å². The predicted octanol–water partition coefficient (Wildman–Crippen LogP) is 2.36. The van der Waals surface area contributed by atoms with Crippen molar-refractivity contribution in [3.05, 3.63) is 18.0 Å². The van der Waals surface area contributed by atoms with Crippen LogP contribution < -0.4 is 10.6 Å². The van der Waals surface area contributed by atoms with Crippen LogP contribution in [-0.4, -0.2) is 35.3 Å². The van der Waals surface area contributed by atoms with Crippen LogP contribution in [0.2, 0.25) is 0 Å². The highest BCUT2D eigenvalue weighted by Gasteiger charge is 2.21. The maximum Gasteiger partial charge on any atom is 0.271 e. The molecule has 1 saturated heterocycles. The number of nitrogens with zero attached hydrogens (tertiary/aromatic N) is 2. The Morgan fingerprint density at radius 3 is 3.09 bits per heavy atom. The third kappa shape index (κ3) is 3.88. The SMILES string of the molecule is CC1CCCC(CNC(=O)c2ccn(C3CCCNC3)n2)C1. The summed E-state index contributed by atoms with van der Waals surface area (Å²) in [4.78, 5) is 12.3. The van der Waals surface area contributed by atoms with Crippen molar-refractivity contribution in [1.82, 2.24) is 20.4 Å². The van der Waals surface area contributed by atoms with Gasteiger partial charge in [-0.3, -0.25) is 9.48 Å².